The van der Waals surface area contributed by atoms with Crippen LogP contribution in [0.5, 0.6) is 28.7 Å². The van der Waals surface area contributed by atoms with Crippen LogP contribution >= 0.6 is 0 Å². The van der Waals surface area contributed by atoms with Crippen LogP contribution in [0.1, 0.15) is 233 Å². The fourth-order valence-corrected chi connectivity index (χ4v) is 21.3. The minimum atomic E-state index is -4.34. The molecule has 15 atom stereocenters. The van der Waals surface area contributed by atoms with Crippen LogP contribution in [0.4, 0.5) is 13.2 Å². The van der Waals surface area contributed by atoms with Crippen LogP contribution in [0.2, 0.25) is 0 Å². The molecule has 16 rings (SSSR count). The molecule has 3 heterocycles. The number of pyridine rings is 2. The first-order chi connectivity index (χ1) is 66.8. The number of aryl methyl sites for hydroxylation is 4. The average molecular weight is 1880 g/mol. The van der Waals surface area contributed by atoms with Gasteiger partial charge in [0.2, 0.25) is 0 Å². The Morgan fingerprint density at radius 3 is 1.17 bits per heavy atom. The quantitative estimate of drug-likeness (QED) is 0.0316. The Morgan fingerprint density at radius 1 is 0.391 bits per heavy atom. The highest BCUT2D eigenvalue weighted by atomic mass is 19.4. The molecule has 11 aromatic rings. The maximum atomic E-state index is 12.9. The molecule has 18 heteroatoms. The molecule has 0 saturated heterocycles. The Labute approximate surface area is 825 Å². The van der Waals surface area contributed by atoms with Gasteiger partial charge in [0.15, 0.2) is 0 Å². The number of ether oxygens (including phenoxy) is 5. The van der Waals surface area contributed by atoms with Gasteiger partial charge in [0.1, 0.15) is 28.7 Å². The molecule has 138 heavy (non-hydrogen) atoms. The summed E-state index contributed by atoms with van der Waals surface area (Å²) in [5, 5.41) is 16.4. The number of benzene rings is 8. The number of alkyl halides is 3. The van der Waals surface area contributed by atoms with Crippen molar-refractivity contribution in [3.05, 3.63) is 311 Å². The van der Waals surface area contributed by atoms with E-state index in [4.69, 9.17) is 23.7 Å². The minimum Gasteiger partial charge on any atom is -0.490 e. The molecule has 15 nitrogen and oxygen atoms in total. The lowest BCUT2D eigenvalue weighted by molar-refractivity contribution is -0.137. The van der Waals surface area contributed by atoms with Gasteiger partial charge in [-0.15, -0.1) is 0 Å². The molecule has 0 bridgehead atoms. The molecule has 5 aliphatic rings. The van der Waals surface area contributed by atoms with Crippen molar-refractivity contribution < 1.29 is 36.9 Å². The monoisotopic (exact) mass is 1880 g/mol. The Bertz CT molecular complexity index is 5310. The van der Waals surface area contributed by atoms with E-state index in [9.17, 15) is 18.4 Å². The number of nitrogens with one attached hydrogen (secondary N) is 3. The van der Waals surface area contributed by atoms with E-state index in [1.54, 1.807) is 12.4 Å². The summed E-state index contributed by atoms with van der Waals surface area (Å²) in [5.41, 5.74) is 13.0. The zero-order chi connectivity index (χ0) is 97.4. The number of aromatic amines is 1. The summed E-state index contributed by atoms with van der Waals surface area (Å²) in [4.78, 5) is 23.0. The zero-order valence-electron chi connectivity index (χ0n) is 84.7. The number of hydrogen-bond donors (Lipinski definition) is 3. The van der Waals surface area contributed by atoms with Crippen molar-refractivity contribution in [3.8, 4) is 34.8 Å². The second-order valence-electron chi connectivity index (χ2n) is 41.3. The predicted octanol–water partition coefficient (Wildman–Crippen LogP) is 27.9. The molecule has 0 radical (unpaired) electrons. The summed E-state index contributed by atoms with van der Waals surface area (Å²) in [7, 11) is 2.24. The minimum absolute atomic E-state index is 0.0150. The summed E-state index contributed by atoms with van der Waals surface area (Å²) in [6.07, 6.45) is 29.8. The van der Waals surface area contributed by atoms with E-state index in [1.165, 1.54) is 140 Å². The third-order valence-corrected chi connectivity index (χ3v) is 29.2. The van der Waals surface area contributed by atoms with Gasteiger partial charge in [-0.1, -0.05) is 156 Å². The highest BCUT2D eigenvalue weighted by Gasteiger charge is 2.36. The predicted molar refractivity (Wildman–Crippen MR) is 557 cm³/mol. The van der Waals surface area contributed by atoms with E-state index in [1.807, 2.05) is 55.1 Å². The Kier molecular flexibility index (Phi) is 43.3. The van der Waals surface area contributed by atoms with E-state index in [2.05, 4.69) is 304 Å². The number of nitrogens with zero attached hydrogens (tertiary/aromatic N) is 7. The molecule has 3 aromatic heterocycles. The van der Waals surface area contributed by atoms with Gasteiger partial charge in [-0.2, -0.15) is 18.4 Å². The van der Waals surface area contributed by atoms with Gasteiger partial charge < -0.3 is 44.2 Å². The van der Waals surface area contributed by atoms with E-state index >= 15 is 0 Å². The molecular weight excluding hydrogens is 1720 g/mol. The van der Waals surface area contributed by atoms with E-state index < -0.39 is 11.7 Å². The molecule has 3 N–H and O–H groups in total. The topological polar surface area (TPSA) is 158 Å². The van der Waals surface area contributed by atoms with Crippen LogP contribution in [-0.4, -0.2) is 118 Å². The molecule has 0 spiro atoms. The smallest absolute Gasteiger partial charge is 0.416 e. The van der Waals surface area contributed by atoms with Crippen LogP contribution in [0.15, 0.2) is 256 Å². The maximum absolute atomic E-state index is 12.9. The lowest BCUT2D eigenvalue weighted by atomic mass is 9.79. The van der Waals surface area contributed by atoms with Crippen molar-refractivity contribution in [2.24, 2.45) is 59.2 Å². The van der Waals surface area contributed by atoms with Crippen molar-refractivity contribution in [2.45, 2.75) is 280 Å². The van der Waals surface area contributed by atoms with Crippen LogP contribution in [0.25, 0.3) is 11.0 Å². The third kappa shape index (κ3) is 37.0. The summed E-state index contributed by atoms with van der Waals surface area (Å²) < 4.78 is 69.8. The van der Waals surface area contributed by atoms with Gasteiger partial charge >= 0.3 is 6.18 Å². The van der Waals surface area contributed by atoms with E-state index in [-0.39, 0.29) is 6.10 Å². The maximum Gasteiger partial charge on any atom is 0.416 e. The number of fused-ring (bicyclic) bond motifs is 1. The number of rotatable bonds is 37. The van der Waals surface area contributed by atoms with Crippen molar-refractivity contribution in [1.82, 2.24) is 45.3 Å². The number of hydrogen-bond acceptors (Lipinski definition) is 14. The Hall–Kier alpha value is -10.4. The summed E-state index contributed by atoms with van der Waals surface area (Å²) in [6, 6.07) is 77.6. The second-order valence-corrected chi connectivity index (χ2v) is 41.3. The third-order valence-electron chi connectivity index (χ3n) is 29.2. The zero-order valence-corrected chi connectivity index (χ0v) is 84.7. The first-order valence-corrected chi connectivity index (χ1v) is 51.8. The van der Waals surface area contributed by atoms with Crippen LogP contribution in [-0.2, 0) is 38.9 Å². The Balaban J connectivity index is 0.000000155. The summed E-state index contributed by atoms with van der Waals surface area (Å²) >= 11 is 0. The van der Waals surface area contributed by atoms with Gasteiger partial charge in [0.25, 0.3) is 0 Å². The summed E-state index contributed by atoms with van der Waals surface area (Å²) in [6.45, 7) is 35.1. The highest BCUT2D eigenvalue weighted by Crippen LogP contribution is 2.41. The largest absolute Gasteiger partial charge is 0.490 e. The number of nitriles is 1. The van der Waals surface area contributed by atoms with E-state index in [0.29, 0.717) is 84.2 Å². The fraction of sp³-hybridized carbons (Fsp3) is 0.500. The lowest BCUT2D eigenvalue weighted by Gasteiger charge is -2.37. The molecule has 5 aliphatic carbocycles. The molecular formula is C120H159F3N10O5. The standard InChI is InChI=1S/C25H36N2O.2C24H31N3O.C24H33NO.C23H28F3NO/c1-19(2)27(18-22-11-13-26-14-12-22)17-21(4)23-8-6-10-25(16-23)28-24-9-5-7-20(3)15-24;1-17-5-3-7-21(11-17)28-22-8-4-6-20(13-22)18(2)14-25-15-19-9-10-23-24(12-19)27-16-26-23;1-19-5-3-7-23(15-19)28-24-8-4-6-22(16-24)20(2)17-27(14-11-25)18-21-9-12-26-13-10-21;1-19-9-7-13-23(15-19)26-24-14-8-12-22(16-24)20(2)17-25(3)18-21-10-5-4-6-11-21;1-17(15-27-16-18-7-3-2-4-8-18)19-9-5-11-21(13-19)28-22-12-6-10-20(14-22)23(24,25)26/h5,7,9,11-15,19,21,23,25H,6,8,10,16-18H2,1-4H3;3,5,7,9-12,16,18,20,22,25H,4,6,8,13-15H2,1-2H3,(H,26,27);3,5,7,9-10,12-13,15,20,22,24H,4,6,8,14,16-18H2,1-2H3;4-7,9-11,13,15,20,22,24H,8,12,14,16-18H2,1-3H3;2-4,6-8,10,12,14,17,19,21,27H,5,9,11,13,15-16H2,1H3. The van der Waals surface area contributed by atoms with Crippen molar-refractivity contribution in [3.63, 3.8) is 0 Å². The van der Waals surface area contributed by atoms with Crippen molar-refractivity contribution in [2.75, 3.05) is 46.3 Å². The first kappa shape index (κ1) is 106. The summed E-state index contributed by atoms with van der Waals surface area (Å²) in [5.74, 6) is 10.8. The van der Waals surface area contributed by atoms with Gasteiger partial charge in [-0.05, 0) is 402 Å². The van der Waals surface area contributed by atoms with Crippen LogP contribution in [0, 0.1) is 98.2 Å². The van der Waals surface area contributed by atoms with Crippen LogP contribution < -0.4 is 34.3 Å². The fourth-order valence-electron chi connectivity index (χ4n) is 21.3. The van der Waals surface area contributed by atoms with Gasteiger partial charge in [-0.3, -0.25) is 19.8 Å². The molecule has 8 aromatic carbocycles. The SMILES string of the molecule is CC(CNCc1ccccc1)C1CCCC(Oc2cccc(C(F)(F)F)c2)C1.Cc1cccc(OC2CCCC(C(C)CN(C)Cc3ccccc3)C2)c1.Cc1cccc(OC2CCCC(C(C)CN(CC#N)Cc3ccncc3)C2)c1.Cc1cccc(OC2CCCC(C(C)CN(Cc3ccncc3)C(C)C)C2)c1.Cc1cccc(OC2CCCC(C(C)CNCc3ccc4nc[nH]c4c3)C2)c1. The molecule has 15 unspecified atom stereocenters. The molecule has 5 fully saturated rings. The highest BCUT2D eigenvalue weighted by molar-refractivity contribution is 5.75. The van der Waals surface area contributed by atoms with E-state index in [0.717, 1.165) is 174 Å². The number of halogens is 3. The molecule has 740 valence electrons. The van der Waals surface area contributed by atoms with Gasteiger partial charge in [0, 0.05) is 83.2 Å². The molecule has 0 aliphatic heterocycles. The van der Waals surface area contributed by atoms with Crippen molar-refractivity contribution >= 4 is 11.0 Å². The first-order valence-electron chi connectivity index (χ1n) is 51.8. The molecule has 0 amide bonds. The Morgan fingerprint density at radius 2 is 0.761 bits per heavy atom. The number of H-pyrrole nitrogens is 1. The number of imidazole rings is 1. The normalized spacial score (nSPS) is 21.1. The second kappa shape index (κ2) is 56.2. The average Bonchev–Trinajstić information content (AvgIpc) is 1.25. The van der Waals surface area contributed by atoms with Gasteiger partial charge in [-0.25, -0.2) is 4.98 Å². The number of aromatic nitrogens is 4. The van der Waals surface area contributed by atoms with Gasteiger partial charge in [0.05, 0.1) is 66.1 Å². The lowest BCUT2D eigenvalue weighted by Crippen LogP contribution is -2.38. The van der Waals surface area contributed by atoms with Crippen molar-refractivity contribution in [1.29, 1.82) is 5.26 Å². The molecule has 5 saturated carbocycles. The van der Waals surface area contributed by atoms with Crippen LogP contribution in [0.3, 0.4) is 0 Å².